The Morgan fingerprint density at radius 3 is 0.600 bits per heavy atom. The maximum Gasteiger partial charge on any atom is 4.00 e. The van der Waals surface area contributed by atoms with Gasteiger partial charge in [-0.3, -0.25) is 0 Å². The van der Waals surface area contributed by atoms with Crippen LogP contribution in [0, 0.1) is 0 Å². The Labute approximate surface area is 67.2 Å². The number of hydrogen-bond donors (Lipinski definition) is 0. The molecule has 3 nitrogen and oxygen atoms in total. The second kappa shape index (κ2) is 46.3. The predicted octanol–water partition coefficient (Wildman–Crippen LogP) is -1.12. The summed E-state index contributed by atoms with van der Waals surface area (Å²) in [5, 5.41) is 0. The van der Waals surface area contributed by atoms with Gasteiger partial charge in [0.2, 0.25) is 0 Å². The normalized spacial score (nSPS) is 0. The van der Waals surface area contributed by atoms with Crippen LogP contribution in [0.4, 0.5) is 0 Å². The summed E-state index contributed by atoms with van der Waals surface area (Å²) in [6, 6.07) is 0. The van der Waals surface area contributed by atoms with E-state index in [9.17, 15) is 0 Å². The zero-order valence-electron chi connectivity index (χ0n) is 2.22. The van der Waals surface area contributed by atoms with Crippen molar-refractivity contribution in [1.82, 2.24) is 0 Å². The first-order chi connectivity index (χ1) is 0. The Morgan fingerprint density at radius 1 is 0.600 bits per heavy atom. The average molecular weight is 374 g/mol. The summed E-state index contributed by atoms with van der Waals surface area (Å²) in [6.45, 7) is 0. The van der Waals surface area contributed by atoms with Gasteiger partial charge in [-0.2, -0.15) is 0 Å². The molecule has 0 rings (SSSR count). The third-order valence-corrected chi connectivity index (χ3v) is 0. The van der Waals surface area contributed by atoms with Gasteiger partial charge in [-0.05, 0) is 0 Å². The molecule has 0 aliphatic heterocycles. The van der Waals surface area contributed by atoms with Gasteiger partial charge in [-0.1, -0.05) is 0 Å². The summed E-state index contributed by atoms with van der Waals surface area (Å²) in [7, 11) is 0. The second-order valence-corrected chi connectivity index (χ2v) is 0. The summed E-state index contributed by atoms with van der Waals surface area (Å²) in [5.41, 5.74) is 0. The Balaban J connectivity index is 0. The van der Waals surface area contributed by atoms with Gasteiger partial charge >= 0.3 is 51.2 Å². The van der Waals surface area contributed by atoms with Crippen LogP contribution in [0.2, 0.25) is 0 Å². The molecular weight excluding hydrogens is 374 g/mol. The van der Waals surface area contributed by atoms with Crippen molar-refractivity contribution in [2.45, 2.75) is 0 Å². The fourth-order valence-corrected chi connectivity index (χ4v) is 0. The Morgan fingerprint density at radius 2 is 0.600 bits per heavy atom. The molecule has 0 N–H and O–H groups in total. The number of hydrogen-bond acceptors (Lipinski definition) is 0. The molecule has 0 aliphatic rings. The minimum Gasteiger partial charge on any atom is -2.00 e. The molecule has 0 aliphatic carbocycles. The van der Waals surface area contributed by atoms with Gasteiger partial charge in [0.05, 0.1) is 0 Å². The zero-order valence-corrected chi connectivity index (χ0v) is 8.97. The smallest absolute Gasteiger partial charge is 2.00 e. The van der Waals surface area contributed by atoms with E-state index in [0.29, 0.717) is 0 Å². The molecule has 5 heavy (non-hydrogen) atoms. The van der Waals surface area contributed by atoms with E-state index < -0.39 is 0 Å². The topological polar surface area (TPSA) is 85.5 Å². The minimum absolute atomic E-state index is 0. The summed E-state index contributed by atoms with van der Waals surface area (Å²) in [4.78, 5) is 0. The van der Waals surface area contributed by atoms with Crippen molar-refractivity contribution in [3.05, 3.63) is 0 Å². The molecule has 0 heterocycles. The van der Waals surface area contributed by atoms with Crippen molar-refractivity contribution >= 4 is 51.2 Å². The molecule has 0 saturated carbocycles. The Hall–Kier alpha value is 1.60. The predicted molar refractivity (Wildman–Crippen MR) is 13.6 cm³/mol. The van der Waals surface area contributed by atoms with E-state index in [0.717, 1.165) is 0 Å². The van der Waals surface area contributed by atoms with Crippen LogP contribution in [0.15, 0.2) is 0 Å². The van der Waals surface area contributed by atoms with Crippen LogP contribution in [-0.4, -0.2) is 51.2 Å². The van der Waals surface area contributed by atoms with Crippen LogP contribution in [-0.2, 0) is 16.4 Å². The van der Waals surface area contributed by atoms with Gasteiger partial charge in [0, 0.05) is 0 Å². The van der Waals surface area contributed by atoms with E-state index >= 15 is 0 Å². The molecule has 0 saturated heterocycles. The Kier molecular flexibility index (Phi) is 748. The molecular formula is O3PbSn. The molecule has 5 heteroatoms. The third-order valence-electron chi connectivity index (χ3n) is 0. The summed E-state index contributed by atoms with van der Waals surface area (Å²) < 4.78 is 0. The van der Waals surface area contributed by atoms with E-state index in [1.54, 1.807) is 0 Å². The molecule has 0 aromatic rings. The third kappa shape index (κ3) is 28.3. The summed E-state index contributed by atoms with van der Waals surface area (Å²) in [6.07, 6.45) is 0. The first kappa shape index (κ1) is 80.8. The first-order valence-electron chi connectivity index (χ1n) is 0. The maximum absolute atomic E-state index is 0. The fraction of sp³-hybridized carbons (Fsp3) is 0. The van der Waals surface area contributed by atoms with Gasteiger partial charge in [0.25, 0.3) is 0 Å². The van der Waals surface area contributed by atoms with E-state index in [1.165, 1.54) is 0 Å². The summed E-state index contributed by atoms with van der Waals surface area (Å²) in [5.74, 6) is 0. The van der Waals surface area contributed by atoms with Gasteiger partial charge < -0.3 is 16.4 Å². The van der Waals surface area contributed by atoms with Crippen molar-refractivity contribution < 1.29 is 16.4 Å². The van der Waals surface area contributed by atoms with E-state index in [4.69, 9.17) is 0 Å². The van der Waals surface area contributed by atoms with Crippen molar-refractivity contribution in [2.24, 2.45) is 0 Å². The zero-order chi connectivity index (χ0) is 0. The molecule has 0 amide bonds. The van der Waals surface area contributed by atoms with Crippen molar-refractivity contribution in [3.8, 4) is 0 Å². The van der Waals surface area contributed by atoms with Crippen LogP contribution in [0.3, 0.4) is 0 Å². The molecule has 0 aromatic carbocycles. The SMILES string of the molecule is [O-2].[O-2].[O-2].[Pb+2].[Sn+4]. The average Bonchev–Trinajstić information content (AvgIpc) is 0. The van der Waals surface area contributed by atoms with Gasteiger partial charge in [0.15, 0.2) is 0 Å². The first-order valence-corrected chi connectivity index (χ1v) is 0. The minimum atomic E-state index is 0. The van der Waals surface area contributed by atoms with E-state index in [2.05, 4.69) is 0 Å². The van der Waals surface area contributed by atoms with Crippen LogP contribution >= 0.6 is 0 Å². The Bertz CT molecular complexity index is 6.85. The molecule has 0 fully saturated rings. The van der Waals surface area contributed by atoms with Gasteiger partial charge in [-0.15, -0.1) is 0 Å². The number of rotatable bonds is 0. The van der Waals surface area contributed by atoms with Crippen LogP contribution < -0.4 is 0 Å². The van der Waals surface area contributed by atoms with Crippen molar-refractivity contribution in [3.63, 3.8) is 0 Å². The summed E-state index contributed by atoms with van der Waals surface area (Å²) >= 11 is 0. The molecule has 2 radical (unpaired) electrons. The van der Waals surface area contributed by atoms with Crippen LogP contribution in [0.5, 0.6) is 0 Å². The van der Waals surface area contributed by atoms with Crippen molar-refractivity contribution in [2.75, 3.05) is 0 Å². The van der Waals surface area contributed by atoms with Crippen LogP contribution in [0.25, 0.3) is 0 Å². The van der Waals surface area contributed by atoms with E-state index in [1.807, 2.05) is 0 Å². The molecule has 0 spiro atoms. The fourth-order valence-electron chi connectivity index (χ4n) is 0. The largest absolute Gasteiger partial charge is 4.00 e. The quantitative estimate of drug-likeness (QED) is 0.482. The molecule has 26 valence electrons. The standard InChI is InChI=1S/3O.Pb.Sn/q3*-2;+2;+4. The molecule has 0 unspecified atom stereocenters. The second-order valence-electron chi connectivity index (χ2n) is 0. The monoisotopic (exact) mass is 376 g/mol. The van der Waals surface area contributed by atoms with Gasteiger partial charge in [0.1, 0.15) is 0 Å². The van der Waals surface area contributed by atoms with Crippen molar-refractivity contribution in [1.29, 1.82) is 0 Å². The molecule has 0 aromatic heterocycles. The van der Waals surface area contributed by atoms with E-state index in [-0.39, 0.29) is 67.6 Å². The maximum atomic E-state index is 0. The van der Waals surface area contributed by atoms with Crippen LogP contribution in [0.1, 0.15) is 0 Å². The van der Waals surface area contributed by atoms with Gasteiger partial charge in [-0.25, -0.2) is 0 Å². The molecule has 0 bridgehead atoms. The molecule has 0 atom stereocenters.